The van der Waals surface area contributed by atoms with Crippen LogP contribution in [0.4, 0.5) is 0 Å². The monoisotopic (exact) mass is 330 g/mol. The molecule has 23 heavy (non-hydrogen) atoms. The zero-order valence-corrected chi connectivity index (χ0v) is 13.4. The van der Waals surface area contributed by atoms with Crippen LogP contribution in [0.1, 0.15) is 10.4 Å². The lowest BCUT2D eigenvalue weighted by Crippen LogP contribution is -2.03. The van der Waals surface area contributed by atoms with Gasteiger partial charge in [0.2, 0.25) is 5.16 Å². The minimum atomic E-state index is -0.0391. The number of hydrogen-bond acceptors (Lipinski definition) is 7. The van der Waals surface area contributed by atoms with Crippen molar-refractivity contribution in [2.24, 2.45) is 0 Å². The quantitative estimate of drug-likeness (QED) is 0.506. The third-order valence-corrected chi connectivity index (χ3v) is 3.97. The summed E-state index contributed by atoms with van der Waals surface area (Å²) < 4.78 is 11.9. The largest absolute Gasteiger partial charge is 0.493 e. The Hall–Kier alpha value is -2.61. The van der Waals surface area contributed by atoms with Crippen LogP contribution in [0.15, 0.2) is 41.8 Å². The van der Waals surface area contributed by atoms with E-state index in [1.807, 2.05) is 0 Å². The molecule has 2 aromatic heterocycles. The number of hydrogen-bond donors (Lipinski definition) is 0. The molecule has 3 aromatic rings. The molecule has 0 atom stereocenters. The highest BCUT2D eigenvalue weighted by Crippen LogP contribution is 2.28. The van der Waals surface area contributed by atoms with Gasteiger partial charge in [-0.3, -0.25) is 4.79 Å². The van der Waals surface area contributed by atoms with Gasteiger partial charge in [0, 0.05) is 18.0 Å². The standard InChI is InChI=1S/C15H14N4O3S/c1-21-12-5-4-10(8-13(12)22-2)11(20)9-23-15-17-14-16-6-3-7-19(14)18-15/h3-8H,9H2,1-2H3. The predicted molar refractivity (Wildman–Crippen MR) is 85.4 cm³/mol. The maximum Gasteiger partial charge on any atom is 0.253 e. The summed E-state index contributed by atoms with van der Waals surface area (Å²) >= 11 is 1.27. The number of Topliss-reactive ketones (excluding diaryl/α,β-unsaturated/α-hetero) is 1. The van der Waals surface area contributed by atoms with Crippen molar-refractivity contribution in [2.75, 3.05) is 20.0 Å². The van der Waals surface area contributed by atoms with Gasteiger partial charge >= 0.3 is 0 Å². The number of carbonyl (C=O) groups is 1. The first-order valence-electron chi connectivity index (χ1n) is 6.76. The molecule has 0 aliphatic heterocycles. The smallest absolute Gasteiger partial charge is 0.253 e. The number of aromatic nitrogens is 4. The van der Waals surface area contributed by atoms with Gasteiger partial charge in [-0.05, 0) is 24.3 Å². The molecule has 118 valence electrons. The summed E-state index contributed by atoms with van der Waals surface area (Å²) in [5, 5.41) is 4.76. The fraction of sp³-hybridized carbons (Fsp3) is 0.200. The Balaban J connectivity index is 1.71. The average molecular weight is 330 g/mol. The van der Waals surface area contributed by atoms with Crippen LogP contribution in [0.2, 0.25) is 0 Å². The summed E-state index contributed by atoms with van der Waals surface area (Å²) in [6, 6.07) is 6.86. The first-order chi connectivity index (χ1) is 11.2. The third kappa shape index (κ3) is 3.26. The SMILES string of the molecule is COc1ccc(C(=O)CSc2nc3ncccn3n2)cc1OC. The predicted octanol–water partition coefficient (Wildman–Crippen LogP) is 2.12. The lowest BCUT2D eigenvalue weighted by atomic mass is 10.1. The topological polar surface area (TPSA) is 78.6 Å². The van der Waals surface area contributed by atoms with Gasteiger partial charge in [0.25, 0.3) is 5.78 Å². The van der Waals surface area contributed by atoms with E-state index in [9.17, 15) is 4.79 Å². The van der Waals surface area contributed by atoms with Gasteiger partial charge in [-0.15, -0.1) is 5.10 Å². The highest BCUT2D eigenvalue weighted by molar-refractivity contribution is 7.99. The number of rotatable bonds is 6. The van der Waals surface area contributed by atoms with Gasteiger partial charge < -0.3 is 9.47 Å². The number of nitrogens with zero attached hydrogens (tertiary/aromatic N) is 4. The van der Waals surface area contributed by atoms with E-state index in [-0.39, 0.29) is 11.5 Å². The van der Waals surface area contributed by atoms with E-state index < -0.39 is 0 Å². The Labute approximate surface area is 136 Å². The molecule has 0 fully saturated rings. The second kappa shape index (κ2) is 6.66. The van der Waals surface area contributed by atoms with Crippen LogP contribution in [-0.2, 0) is 0 Å². The van der Waals surface area contributed by atoms with Gasteiger partial charge in [0.05, 0.1) is 20.0 Å². The van der Waals surface area contributed by atoms with Gasteiger partial charge in [0.15, 0.2) is 17.3 Å². The highest BCUT2D eigenvalue weighted by atomic mass is 32.2. The summed E-state index contributed by atoms with van der Waals surface area (Å²) in [6.45, 7) is 0. The van der Waals surface area contributed by atoms with E-state index in [4.69, 9.17) is 9.47 Å². The second-order valence-corrected chi connectivity index (χ2v) is 5.48. The molecule has 0 N–H and O–H groups in total. The van der Waals surface area contributed by atoms with Crippen molar-refractivity contribution in [2.45, 2.75) is 5.16 Å². The molecule has 3 rings (SSSR count). The lowest BCUT2D eigenvalue weighted by Gasteiger charge is -2.08. The summed E-state index contributed by atoms with van der Waals surface area (Å²) in [5.41, 5.74) is 0.553. The second-order valence-electron chi connectivity index (χ2n) is 4.54. The molecular formula is C15H14N4O3S. The molecule has 0 aliphatic rings. The van der Waals surface area contributed by atoms with Crippen molar-refractivity contribution < 1.29 is 14.3 Å². The minimum Gasteiger partial charge on any atom is -0.493 e. The molecule has 0 saturated carbocycles. The molecule has 0 aliphatic carbocycles. The summed E-state index contributed by atoms with van der Waals surface area (Å²) in [6.07, 6.45) is 3.41. The van der Waals surface area contributed by atoms with Crippen LogP contribution in [-0.4, -0.2) is 45.3 Å². The van der Waals surface area contributed by atoms with Crippen molar-refractivity contribution in [3.63, 3.8) is 0 Å². The van der Waals surface area contributed by atoms with Crippen molar-refractivity contribution in [3.05, 3.63) is 42.2 Å². The van der Waals surface area contributed by atoms with E-state index >= 15 is 0 Å². The Morgan fingerprint density at radius 1 is 1.26 bits per heavy atom. The molecule has 0 unspecified atom stereocenters. The van der Waals surface area contributed by atoms with Crippen LogP contribution in [0.25, 0.3) is 5.78 Å². The molecule has 0 radical (unpaired) electrons. The van der Waals surface area contributed by atoms with Gasteiger partial charge in [-0.1, -0.05) is 11.8 Å². The zero-order chi connectivity index (χ0) is 16.2. The normalized spacial score (nSPS) is 10.7. The van der Waals surface area contributed by atoms with Gasteiger partial charge in [-0.2, -0.15) is 4.98 Å². The number of thioether (sulfide) groups is 1. The van der Waals surface area contributed by atoms with E-state index in [1.54, 1.807) is 48.3 Å². The van der Waals surface area contributed by atoms with Crippen molar-refractivity contribution in [3.8, 4) is 11.5 Å². The van der Waals surface area contributed by atoms with Gasteiger partial charge in [0.1, 0.15) is 0 Å². The van der Waals surface area contributed by atoms with E-state index in [0.29, 0.717) is 28.0 Å². The Kier molecular flexibility index (Phi) is 4.42. The number of ether oxygens (including phenoxy) is 2. The highest BCUT2D eigenvalue weighted by Gasteiger charge is 2.13. The average Bonchev–Trinajstić information content (AvgIpc) is 3.01. The van der Waals surface area contributed by atoms with Crippen molar-refractivity contribution in [1.82, 2.24) is 19.6 Å². The summed E-state index contributed by atoms with van der Waals surface area (Å²) in [7, 11) is 3.09. The minimum absolute atomic E-state index is 0.0391. The molecule has 1 aromatic carbocycles. The van der Waals surface area contributed by atoms with Crippen molar-refractivity contribution >= 4 is 23.3 Å². The lowest BCUT2D eigenvalue weighted by molar-refractivity contribution is 0.102. The molecule has 7 nitrogen and oxygen atoms in total. The Morgan fingerprint density at radius 2 is 2.09 bits per heavy atom. The molecule has 8 heteroatoms. The summed E-state index contributed by atoms with van der Waals surface area (Å²) in [4.78, 5) is 20.6. The fourth-order valence-corrected chi connectivity index (χ4v) is 2.72. The number of ketones is 1. The van der Waals surface area contributed by atoms with Crippen LogP contribution in [0, 0.1) is 0 Å². The van der Waals surface area contributed by atoms with Crippen molar-refractivity contribution in [1.29, 1.82) is 0 Å². The van der Waals surface area contributed by atoms with Crippen LogP contribution in [0.5, 0.6) is 11.5 Å². The molecule has 0 amide bonds. The first-order valence-corrected chi connectivity index (χ1v) is 7.75. The van der Waals surface area contributed by atoms with Crippen LogP contribution >= 0.6 is 11.8 Å². The molecule has 0 saturated heterocycles. The maximum atomic E-state index is 12.3. The fourth-order valence-electron chi connectivity index (χ4n) is 2.00. The third-order valence-electron chi connectivity index (χ3n) is 3.14. The number of methoxy groups -OCH3 is 2. The maximum absolute atomic E-state index is 12.3. The Bertz CT molecular complexity index is 817. The molecule has 2 heterocycles. The van der Waals surface area contributed by atoms with Gasteiger partial charge in [-0.25, -0.2) is 9.50 Å². The first kappa shape index (κ1) is 15.3. The van der Waals surface area contributed by atoms with Crippen LogP contribution < -0.4 is 9.47 Å². The van der Waals surface area contributed by atoms with Crippen LogP contribution in [0.3, 0.4) is 0 Å². The molecule has 0 bridgehead atoms. The van der Waals surface area contributed by atoms with E-state index in [1.165, 1.54) is 18.9 Å². The zero-order valence-electron chi connectivity index (χ0n) is 12.6. The molecule has 0 spiro atoms. The Morgan fingerprint density at radius 3 is 2.83 bits per heavy atom. The summed E-state index contributed by atoms with van der Waals surface area (Å²) in [5.74, 6) is 1.81. The number of benzene rings is 1. The number of fused-ring (bicyclic) bond motifs is 1. The van der Waals surface area contributed by atoms with E-state index in [0.717, 1.165) is 0 Å². The molecular weight excluding hydrogens is 316 g/mol. The number of carbonyl (C=O) groups excluding carboxylic acids is 1. The van der Waals surface area contributed by atoms with E-state index in [2.05, 4.69) is 15.1 Å².